The predicted molar refractivity (Wildman–Crippen MR) is 163 cm³/mol. The van der Waals surface area contributed by atoms with Crippen LogP contribution < -0.4 is 20.1 Å². The van der Waals surface area contributed by atoms with Gasteiger partial charge in [0.05, 0.1) is 37.6 Å². The van der Waals surface area contributed by atoms with Gasteiger partial charge in [-0.3, -0.25) is 4.79 Å². The fourth-order valence-corrected chi connectivity index (χ4v) is 6.12. The largest absolute Gasteiger partial charge is 0.497 e. The van der Waals surface area contributed by atoms with Gasteiger partial charge in [0.1, 0.15) is 29.0 Å². The monoisotopic (exact) mass is 629 g/mol. The molecule has 0 saturated heterocycles. The summed E-state index contributed by atoms with van der Waals surface area (Å²) in [6.07, 6.45) is -0.715. The van der Waals surface area contributed by atoms with Crippen LogP contribution in [0.25, 0.3) is 0 Å². The highest BCUT2D eigenvalue weighted by atomic mass is 32.2. The number of aliphatic hydroxyl groups excluding tert-OH is 1. The number of carbonyl (C=O) groups excluding carboxylic acids is 2. The molecule has 44 heavy (non-hydrogen) atoms. The summed E-state index contributed by atoms with van der Waals surface area (Å²) in [6, 6.07) is 10.1. The Kier molecular flexibility index (Phi) is 10.2. The Hall–Kier alpha value is -4.14. The molecule has 0 unspecified atom stereocenters. The molecule has 238 valence electrons. The van der Waals surface area contributed by atoms with Gasteiger partial charge in [-0.05, 0) is 63.2 Å². The number of rotatable bonds is 9. The van der Waals surface area contributed by atoms with Gasteiger partial charge in [-0.15, -0.1) is 0 Å². The molecule has 0 saturated carbocycles. The number of aryl methyl sites for hydroxylation is 2. The standard InChI is InChI=1S/C30H39N5O8S/c1-18-15-35(19(2)17-36)28(37)14-22-13-23(31-30(38)32-29-20(3)33-43-21(29)4)7-12-26(22)42-27(18)16-34(5)44(39,40)25-10-8-24(41-6)9-11-25/h7-13,18-19,27,36H,14-17H2,1-6H3,(H2,31,32,38)/t18-,19+,27-/m0/s1. The Balaban J connectivity index is 1.62. The van der Waals surface area contributed by atoms with E-state index in [1.54, 1.807) is 56.0 Å². The summed E-state index contributed by atoms with van der Waals surface area (Å²) in [5, 5.41) is 19.2. The first-order chi connectivity index (χ1) is 20.8. The van der Waals surface area contributed by atoms with Gasteiger partial charge in [0, 0.05) is 30.8 Å². The molecule has 2 heterocycles. The lowest BCUT2D eigenvalue weighted by molar-refractivity contribution is -0.134. The lowest BCUT2D eigenvalue weighted by atomic mass is 10.0. The van der Waals surface area contributed by atoms with Crippen molar-refractivity contribution in [2.45, 2.75) is 51.2 Å². The number of hydrogen-bond donors (Lipinski definition) is 3. The zero-order valence-corrected chi connectivity index (χ0v) is 26.5. The van der Waals surface area contributed by atoms with Gasteiger partial charge in [0.15, 0.2) is 5.76 Å². The topological polar surface area (TPSA) is 164 Å². The number of urea groups is 1. The van der Waals surface area contributed by atoms with Crippen LogP contribution in [-0.4, -0.2) is 85.8 Å². The van der Waals surface area contributed by atoms with Gasteiger partial charge in [-0.2, -0.15) is 4.31 Å². The van der Waals surface area contributed by atoms with E-state index in [-0.39, 0.29) is 42.8 Å². The fraction of sp³-hybridized carbons (Fsp3) is 0.433. The number of fused-ring (bicyclic) bond motifs is 1. The van der Waals surface area contributed by atoms with E-state index in [0.29, 0.717) is 39.9 Å². The van der Waals surface area contributed by atoms with Crippen molar-refractivity contribution in [3.8, 4) is 11.5 Å². The average molecular weight is 630 g/mol. The molecule has 1 aromatic heterocycles. The van der Waals surface area contributed by atoms with Gasteiger partial charge in [0.25, 0.3) is 0 Å². The van der Waals surface area contributed by atoms with Crippen molar-refractivity contribution in [3.05, 3.63) is 59.5 Å². The normalized spacial score (nSPS) is 18.0. The molecule has 13 nitrogen and oxygen atoms in total. The van der Waals surface area contributed by atoms with E-state index in [2.05, 4.69) is 15.8 Å². The molecule has 3 aromatic rings. The average Bonchev–Trinajstić information content (AvgIpc) is 3.33. The fourth-order valence-electron chi connectivity index (χ4n) is 4.94. The van der Waals surface area contributed by atoms with Crippen LogP contribution in [0.3, 0.4) is 0 Å². The number of amides is 3. The zero-order valence-electron chi connectivity index (χ0n) is 25.7. The van der Waals surface area contributed by atoms with E-state index in [1.807, 2.05) is 6.92 Å². The lowest BCUT2D eigenvalue weighted by Crippen LogP contribution is -2.48. The maximum atomic E-state index is 13.5. The molecule has 3 N–H and O–H groups in total. The van der Waals surface area contributed by atoms with Gasteiger partial charge in [-0.1, -0.05) is 12.1 Å². The quantitative estimate of drug-likeness (QED) is 0.322. The number of nitrogens with one attached hydrogen (secondary N) is 2. The number of nitrogens with zero attached hydrogens (tertiary/aromatic N) is 3. The van der Waals surface area contributed by atoms with Crippen LogP contribution in [-0.2, 0) is 21.2 Å². The van der Waals surface area contributed by atoms with Crippen LogP contribution in [0.15, 0.2) is 51.9 Å². The Morgan fingerprint density at radius 3 is 2.52 bits per heavy atom. The number of aromatic nitrogens is 1. The number of sulfonamides is 1. The summed E-state index contributed by atoms with van der Waals surface area (Å²) < 4.78 is 44.8. The van der Waals surface area contributed by atoms with E-state index in [1.165, 1.54) is 30.6 Å². The molecular formula is C30H39N5O8S. The van der Waals surface area contributed by atoms with Crippen LogP contribution in [0.5, 0.6) is 11.5 Å². The summed E-state index contributed by atoms with van der Waals surface area (Å²) in [6.45, 7) is 7.00. The molecule has 0 radical (unpaired) electrons. The number of methoxy groups -OCH3 is 1. The maximum absolute atomic E-state index is 13.5. The van der Waals surface area contributed by atoms with E-state index >= 15 is 0 Å². The highest BCUT2D eigenvalue weighted by Gasteiger charge is 2.33. The van der Waals surface area contributed by atoms with Crippen LogP contribution in [0.4, 0.5) is 16.2 Å². The molecule has 3 amide bonds. The Labute approximate surface area is 257 Å². The van der Waals surface area contributed by atoms with E-state index < -0.39 is 28.2 Å². The van der Waals surface area contributed by atoms with Crippen molar-refractivity contribution in [1.29, 1.82) is 0 Å². The second-order valence-corrected chi connectivity index (χ2v) is 13.0. The highest BCUT2D eigenvalue weighted by Crippen LogP contribution is 2.30. The Bertz CT molecular complexity index is 1570. The van der Waals surface area contributed by atoms with Crippen molar-refractivity contribution in [3.63, 3.8) is 0 Å². The summed E-state index contributed by atoms with van der Waals surface area (Å²) in [7, 11) is -0.893. The molecule has 4 rings (SSSR count). The van der Waals surface area contributed by atoms with Crippen molar-refractivity contribution >= 4 is 33.3 Å². The molecule has 1 aliphatic heterocycles. The summed E-state index contributed by atoms with van der Waals surface area (Å²) in [4.78, 5) is 27.9. The first-order valence-corrected chi connectivity index (χ1v) is 15.6. The number of likely N-dealkylation sites (N-methyl/N-ethyl adjacent to an activating group) is 1. The van der Waals surface area contributed by atoms with Crippen LogP contribution in [0.1, 0.15) is 30.9 Å². The van der Waals surface area contributed by atoms with Crippen LogP contribution in [0.2, 0.25) is 0 Å². The second-order valence-electron chi connectivity index (χ2n) is 10.9. The molecule has 0 bridgehead atoms. The molecule has 1 aliphatic rings. The van der Waals surface area contributed by atoms with E-state index in [0.717, 1.165) is 0 Å². The minimum absolute atomic E-state index is 0.00957. The molecule has 0 fully saturated rings. The third kappa shape index (κ3) is 7.31. The number of benzene rings is 2. The molecule has 2 aromatic carbocycles. The first-order valence-electron chi connectivity index (χ1n) is 14.1. The van der Waals surface area contributed by atoms with Crippen LogP contribution >= 0.6 is 0 Å². The van der Waals surface area contributed by atoms with Crippen LogP contribution in [0, 0.1) is 19.8 Å². The van der Waals surface area contributed by atoms with Crippen molar-refractivity contribution in [2.24, 2.45) is 5.92 Å². The number of anilines is 2. The lowest BCUT2D eigenvalue weighted by Gasteiger charge is -2.33. The predicted octanol–water partition coefficient (Wildman–Crippen LogP) is 3.41. The summed E-state index contributed by atoms with van der Waals surface area (Å²) in [5.41, 5.74) is 1.90. The maximum Gasteiger partial charge on any atom is 0.323 e. The zero-order chi connectivity index (χ0) is 32.2. The van der Waals surface area contributed by atoms with Gasteiger partial charge < -0.3 is 34.6 Å². The van der Waals surface area contributed by atoms with Crippen molar-refractivity contribution < 1.29 is 37.1 Å². The molecular weight excluding hydrogens is 590 g/mol. The minimum atomic E-state index is -3.88. The molecule has 0 aliphatic carbocycles. The third-order valence-electron chi connectivity index (χ3n) is 7.65. The van der Waals surface area contributed by atoms with Crippen molar-refractivity contribution in [1.82, 2.24) is 14.4 Å². The molecule has 3 atom stereocenters. The number of carbonyl (C=O) groups is 2. The highest BCUT2D eigenvalue weighted by molar-refractivity contribution is 7.89. The van der Waals surface area contributed by atoms with E-state index in [9.17, 15) is 23.1 Å². The number of ether oxygens (including phenoxy) is 2. The van der Waals surface area contributed by atoms with Gasteiger partial charge in [0.2, 0.25) is 15.9 Å². The second kappa shape index (κ2) is 13.7. The third-order valence-corrected chi connectivity index (χ3v) is 9.49. The molecule has 14 heteroatoms. The van der Waals surface area contributed by atoms with Crippen molar-refractivity contribution in [2.75, 3.05) is 44.5 Å². The number of aliphatic hydroxyl groups is 1. The van der Waals surface area contributed by atoms with Gasteiger partial charge in [-0.25, -0.2) is 13.2 Å². The number of hydrogen-bond acceptors (Lipinski definition) is 9. The smallest absolute Gasteiger partial charge is 0.323 e. The SMILES string of the molecule is COc1ccc(S(=O)(=O)N(C)C[C@@H]2Oc3ccc(NC(=O)Nc4c(C)noc4C)cc3CC(=O)N([C@H](C)CO)C[C@@H]2C)cc1. The van der Waals surface area contributed by atoms with E-state index in [4.69, 9.17) is 14.0 Å². The summed E-state index contributed by atoms with van der Waals surface area (Å²) in [5.74, 6) is 0.838. The summed E-state index contributed by atoms with van der Waals surface area (Å²) >= 11 is 0. The Morgan fingerprint density at radius 2 is 1.91 bits per heavy atom. The molecule has 0 spiro atoms. The minimum Gasteiger partial charge on any atom is -0.497 e. The Morgan fingerprint density at radius 1 is 1.20 bits per heavy atom. The van der Waals surface area contributed by atoms with Gasteiger partial charge >= 0.3 is 6.03 Å². The first kappa shape index (κ1) is 32.8.